The molecule has 0 aromatic heterocycles. The molecule has 0 rings (SSSR count). The first-order valence-electron chi connectivity index (χ1n) is 8.62. The SMILES string of the molecule is CCCCCCCC/C=C\CCCCCCCCF.N. The minimum absolute atomic E-state index is 0. The molecule has 0 aromatic carbocycles. The second kappa shape index (κ2) is 20.9. The number of hydrogen-bond acceptors (Lipinski definition) is 1. The molecule has 0 saturated heterocycles. The van der Waals surface area contributed by atoms with Gasteiger partial charge in [-0.1, -0.05) is 76.9 Å². The van der Waals surface area contributed by atoms with Crippen LogP contribution in [0.15, 0.2) is 12.2 Å². The lowest BCUT2D eigenvalue weighted by atomic mass is 10.1. The van der Waals surface area contributed by atoms with Gasteiger partial charge in [-0.05, 0) is 32.1 Å². The van der Waals surface area contributed by atoms with Gasteiger partial charge in [0.2, 0.25) is 0 Å². The van der Waals surface area contributed by atoms with Gasteiger partial charge in [0.15, 0.2) is 0 Å². The van der Waals surface area contributed by atoms with Crippen molar-refractivity contribution in [2.45, 2.75) is 96.8 Å². The summed E-state index contributed by atoms with van der Waals surface area (Å²) in [5.41, 5.74) is 0. The molecule has 0 aliphatic heterocycles. The van der Waals surface area contributed by atoms with Gasteiger partial charge in [0.25, 0.3) is 0 Å². The van der Waals surface area contributed by atoms with E-state index in [0.29, 0.717) is 0 Å². The lowest BCUT2D eigenvalue weighted by molar-refractivity contribution is 0.450. The molecule has 0 radical (unpaired) electrons. The third-order valence-electron chi connectivity index (χ3n) is 3.65. The number of alkyl halides is 1. The zero-order valence-corrected chi connectivity index (χ0v) is 13.8. The second-order valence-corrected chi connectivity index (χ2v) is 5.63. The highest BCUT2D eigenvalue weighted by molar-refractivity contribution is 4.81. The molecule has 0 aliphatic rings. The predicted molar refractivity (Wildman–Crippen MR) is 90.4 cm³/mol. The molecule has 0 unspecified atom stereocenters. The molecular weight excluding hydrogens is 249 g/mol. The summed E-state index contributed by atoms with van der Waals surface area (Å²) in [7, 11) is 0. The van der Waals surface area contributed by atoms with Crippen molar-refractivity contribution in [3.63, 3.8) is 0 Å². The van der Waals surface area contributed by atoms with E-state index in [0.717, 1.165) is 12.8 Å². The summed E-state index contributed by atoms with van der Waals surface area (Å²) >= 11 is 0. The van der Waals surface area contributed by atoms with Crippen LogP contribution < -0.4 is 6.15 Å². The highest BCUT2D eigenvalue weighted by Crippen LogP contribution is 2.09. The van der Waals surface area contributed by atoms with Gasteiger partial charge >= 0.3 is 0 Å². The van der Waals surface area contributed by atoms with E-state index in [-0.39, 0.29) is 12.8 Å². The zero-order valence-electron chi connectivity index (χ0n) is 13.8. The summed E-state index contributed by atoms with van der Waals surface area (Å²) in [6.45, 7) is 2.13. The van der Waals surface area contributed by atoms with Crippen molar-refractivity contribution in [2.24, 2.45) is 0 Å². The number of rotatable bonds is 15. The van der Waals surface area contributed by atoms with Gasteiger partial charge < -0.3 is 6.15 Å². The first kappa shape index (κ1) is 21.9. The highest BCUT2D eigenvalue weighted by Gasteiger charge is 1.90. The topological polar surface area (TPSA) is 35.0 Å². The summed E-state index contributed by atoms with van der Waals surface area (Å²) in [6, 6.07) is 0. The van der Waals surface area contributed by atoms with Crippen LogP contribution in [0.1, 0.15) is 96.8 Å². The van der Waals surface area contributed by atoms with Gasteiger partial charge in [-0.25, -0.2) is 0 Å². The molecule has 122 valence electrons. The molecule has 1 nitrogen and oxygen atoms in total. The minimum atomic E-state index is -0.138. The van der Waals surface area contributed by atoms with Crippen LogP contribution in [0.3, 0.4) is 0 Å². The van der Waals surface area contributed by atoms with Crippen molar-refractivity contribution in [2.75, 3.05) is 6.67 Å². The maximum absolute atomic E-state index is 11.8. The minimum Gasteiger partial charge on any atom is -0.344 e. The lowest BCUT2D eigenvalue weighted by Crippen LogP contribution is -1.81. The summed E-state index contributed by atoms with van der Waals surface area (Å²) in [5.74, 6) is 0. The van der Waals surface area contributed by atoms with Crippen LogP contribution in [0.25, 0.3) is 0 Å². The third-order valence-corrected chi connectivity index (χ3v) is 3.65. The Hall–Kier alpha value is -0.370. The van der Waals surface area contributed by atoms with Crippen LogP contribution in [0, 0.1) is 0 Å². The first-order valence-corrected chi connectivity index (χ1v) is 8.62. The Morgan fingerprint density at radius 1 is 0.600 bits per heavy atom. The summed E-state index contributed by atoms with van der Waals surface area (Å²) in [4.78, 5) is 0. The molecule has 0 fully saturated rings. The Morgan fingerprint density at radius 2 is 1.00 bits per heavy atom. The van der Waals surface area contributed by atoms with Gasteiger partial charge in [-0.2, -0.15) is 0 Å². The molecule has 0 aromatic rings. The Balaban J connectivity index is 0. The fourth-order valence-electron chi connectivity index (χ4n) is 2.34. The lowest BCUT2D eigenvalue weighted by Gasteiger charge is -1.99. The van der Waals surface area contributed by atoms with Crippen molar-refractivity contribution in [3.05, 3.63) is 12.2 Å². The Bertz CT molecular complexity index is 180. The average Bonchev–Trinajstić information content (AvgIpc) is 2.43. The van der Waals surface area contributed by atoms with Crippen molar-refractivity contribution in [1.29, 1.82) is 0 Å². The smallest absolute Gasteiger partial charge is 0.0894 e. The number of hydrogen-bond donors (Lipinski definition) is 1. The molecule has 0 amide bonds. The van der Waals surface area contributed by atoms with E-state index in [2.05, 4.69) is 19.1 Å². The molecule has 3 N–H and O–H groups in total. The van der Waals surface area contributed by atoms with E-state index in [1.165, 1.54) is 77.0 Å². The van der Waals surface area contributed by atoms with Gasteiger partial charge in [0, 0.05) is 0 Å². The maximum Gasteiger partial charge on any atom is 0.0894 e. The van der Waals surface area contributed by atoms with E-state index >= 15 is 0 Å². The molecule has 0 heterocycles. The molecule has 0 bridgehead atoms. The van der Waals surface area contributed by atoms with E-state index < -0.39 is 0 Å². The van der Waals surface area contributed by atoms with E-state index in [4.69, 9.17) is 0 Å². The average molecular weight is 288 g/mol. The number of unbranched alkanes of at least 4 members (excludes halogenated alkanes) is 12. The number of allylic oxidation sites excluding steroid dienone is 2. The molecule has 2 heteroatoms. The molecule has 20 heavy (non-hydrogen) atoms. The molecule has 0 aliphatic carbocycles. The van der Waals surface area contributed by atoms with E-state index in [9.17, 15) is 4.39 Å². The fourth-order valence-corrected chi connectivity index (χ4v) is 2.34. The van der Waals surface area contributed by atoms with Gasteiger partial charge in [0.1, 0.15) is 0 Å². The van der Waals surface area contributed by atoms with Crippen molar-refractivity contribution in [1.82, 2.24) is 6.15 Å². The summed E-state index contributed by atoms with van der Waals surface area (Å²) < 4.78 is 11.8. The Kier molecular flexibility index (Phi) is 22.9. The third kappa shape index (κ3) is 20.0. The summed E-state index contributed by atoms with van der Waals surface area (Å²) in [5, 5.41) is 0. The van der Waals surface area contributed by atoms with Crippen LogP contribution in [0.2, 0.25) is 0 Å². The molecule has 0 atom stereocenters. The zero-order chi connectivity index (χ0) is 14.0. The molecular formula is C18H38FN. The molecule has 0 spiro atoms. The Morgan fingerprint density at radius 3 is 1.45 bits per heavy atom. The summed E-state index contributed by atoms with van der Waals surface area (Å²) in [6.07, 6.45) is 22.5. The van der Waals surface area contributed by atoms with Crippen LogP contribution in [0.5, 0.6) is 0 Å². The van der Waals surface area contributed by atoms with E-state index in [1.54, 1.807) is 0 Å². The maximum atomic E-state index is 11.8. The normalized spacial score (nSPS) is 10.9. The van der Waals surface area contributed by atoms with E-state index in [1.807, 2.05) is 0 Å². The first-order chi connectivity index (χ1) is 9.41. The predicted octanol–water partition coefficient (Wildman–Crippen LogP) is 7.16. The van der Waals surface area contributed by atoms with Crippen LogP contribution in [-0.2, 0) is 0 Å². The second-order valence-electron chi connectivity index (χ2n) is 5.63. The van der Waals surface area contributed by atoms with Crippen LogP contribution >= 0.6 is 0 Å². The standard InChI is InChI=1S/C18H35F.H3N/c1-2-3-4-5-6-7-8-9-10-11-12-13-14-15-16-17-18-19;/h9-10H,2-8,11-18H2,1H3;1H3/b10-9-;. The van der Waals surface area contributed by atoms with Crippen LogP contribution in [-0.4, -0.2) is 6.67 Å². The Labute approximate surface area is 127 Å². The number of halogens is 1. The van der Waals surface area contributed by atoms with Crippen molar-refractivity contribution >= 4 is 0 Å². The highest BCUT2D eigenvalue weighted by atomic mass is 19.1. The van der Waals surface area contributed by atoms with Gasteiger partial charge in [0.05, 0.1) is 6.67 Å². The fraction of sp³-hybridized carbons (Fsp3) is 0.889. The van der Waals surface area contributed by atoms with Gasteiger partial charge in [-0.15, -0.1) is 0 Å². The monoisotopic (exact) mass is 287 g/mol. The van der Waals surface area contributed by atoms with Crippen molar-refractivity contribution < 1.29 is 4.39 Å². The quantitative estimate of drug-likeness (QED) is 0.252. The largest absolute Gasteiger partial charge is 0.344 e. The molecule has 0 saturated carbocycles. The van der Waals surface area contributed by atoms with Gasteiger partial charge in [-0.3, -0.25) is 4.39 Å². The van der Waals surface area contributed by atoms with Crippen molar-refractivity contribution in [3.8, 4) is 0 Å². The van der Waals surface area contributed by atoms with Crippen LogP contribution in [0.4, 0.5) is 4.39 Å².